The van der Waals surface area contributed by atoms with Crippen LogP contribution in [0.25, 0.3) is 0 Å². The molecule has 0 spiro atoms. The molecule has 0 aliphatic rings. The molecule has 1 radical (unpaired) electrons. The van der Waals surface area contributed by atoms with E-state index in [1.54, 1.807) is 12.1 Å². The second-order valence-corrected chi connectivity index (χ2v) is 3.83. The molecular formula is C9H12NaO2S. The molecule has 1 rings (SSSR count). The molecule has 67 valence electrons. The maximum atomic E-state index is 11.3. The van der Waals surface area contributed by atoms with E-state index < -0.39 is 11.1 Å². The molecule has 0 saturated carbocycles. The zero-order chi connectivity index (χ0) is 8.97. The van der Waals surface area contributed by atoms with Crippen LogP contribution in [0.4, 0.5) is 0 Å². The van der Waals surface area contributed by atoms with Gasteiger partial charge < -0.3 is 0 Å². The van der Waals surface area contributed by atoms with Crippen LogP contribution in [0.2, 0.25) is 0 Å². The average Bonchev–Trinajstić information content (AvgIpc) is 2.05. The van der Waals surface area contributed by atoms with Crippen molar-refractivity contribution in [1.82, 2.24) is 0 Å². The molecule has 1 atom stereocenters. The first-order valence-corrected chi connectivity index (χ1v) is 4.91. The molecule has 0 fully saturated rings. The maximum Gasteiger partial charge on any atom is 0.189 e. The third kappa shape index (κ3) is 4.93. The van der Waals surface area contributed by atoms with Gasteiger partial charge in [-0.2, -0.15) is 0 Å². The molecule has 0 bridgehead atoms. The van der Waals surface area contributed by atoms with E-state index in [9.17, 15) is 4.21 Å². The molecule has 1 aromatic rings. The molecule has 1 aromatic carbocycles. The Labute approximate surface area is 104 Å². The Bertz CT molecular complexity index is 262. The van der Waals surface area contributed by atoms with Crippen LogP contribution in [0.1, 0.15) is 13.8 Å². The summed E-state index contributed by atoms with van der Waals surface area (Å²) in [7, 11) is 0. The monoisotopic (exact) mass is 207 g/mol. The van der Waals surface area contributed by atoms with Crippen molar-refractivity contribution in [2.24, 2.45) is 0 Å². The van der Waals surface area contributed by atoms with E-state index in [1.807, 2.05) is 32.0 Å². The molecular weight excluding hydrogens is 195 g/mol. The Balaban J connectivity index is 0.00000144. The van der Waals surface area contributed by atoms with Gasteiger partial charge in [0.25, 0.3) is 0 Å². The summed E-state index contributed by atoms with van der Waals surface area (Å²) >= 11 is -1.31. The van der Waals surface area contributed by atoms with E-state index in [4.69, 9.17) is 4.18 Å². The third-order valence-corrected chi connectivity index (χ3v) is 2.43. The van der Waals surface area contributed by atoms with Gasteiger partial charge in [0.2, 0.25) is 0 Å². The van der Waals surface area contributed by atoms with Crippen LogP contribution in [0.3, 0.4) is 0 Å². The molecule has 0 amide bonds. The zero-order valence-corrected chi connectivity index (χ0v) is 11.0. The van der Waals surface area contributed by atoms with Crippen LogP contribution in [0.5, 0.6) is 0 Å². The minimum atomic E-state index is -1.31. The Kier molecular flexibility index (Phi) is 6.91. The van der Waals surface area contributed by atoms with Gasteiger partial charge in [-0.1, -0.05) is 18.2 Å². The topological polar surface area (TPSA) is 26.3 Å². The van der Waals surface area contributed by atoms with Gasteiger partial charge in [0.05, 0.1) is 11.0 Å². The van der Waals surface area contributed by atoms with E-state index in [0.29, 0.717) is 4.90 Å². The van der Waals surface area contributed by atoms with Gasteiger partial charge >= 0.3 is 0 Å². The van der Waals surface area contributed by atoms with Crippen molar-refractivity contribution in [3.63, 3.8) is 0 Å². The van der Waals surface area contributed by atoms with E-state index >= 15 is 0 Å². The number of hydrogen-bond donors (Lipinski definition) is 0. The molecule has 0 saturated heterocycles. The summed E-state index contributed by atoms with van der Waals surface area (Å²) < 4.78 is 16.5. The fourth-order valence-electron chi connectivity index (χ4n) is 0.762. The van der Waals surface area contributed by atoms with Crippen molar-refractivity contribution < 1.29 is 8.39 Å². The van der Waals surface area contributed by atoms with E-state index in [0.717, 1.165) is 0 Å². The largest absolute Gasteiger partial charge is 0.284 e. The van der Waals surface area contributed by atoms with Crippen LogP contribution in [0.15, 0.2) is 35.2 Å². The molecule has 0 aliphatic carbocycles. The van der Waals surface area contributed by atoms with Crippen molar-refractivity contribution in [2.75, 3.05) is 0 Å². The summed E-state index contributed by atoms with van der Waals surface area (Å²) in [4.78, 5) is 0.714. The van der Waals surface area contributed by atoms with Crippen molar-refractivity contribution in [3.8, 4) is 0 Å². The first-order chi connectivity index (χ1) is 5.70. The molecule has 0 aromatic heterocycles. The minimum Gasteiger partial charge on any atom is -0.284 e. The van der Waals surface area contributed by atoms with E-state index in [-0.39, 0.29) is 35.7 Å². The van der Waals surface area contributed by atoms with Crippen LogP contribution < -0.4 is 0 Å². The summed E-state index contributed by atoms with van der Waals surface area (Å²) in [6.45, 7) is 3.72. The van der Waals surface area contributed by atoms with Gasteiger partial charge in [0.15, 0.2) is 11.1 Å². The van der Waals surface area contributed by atoms with Crippen LogP contribution in [0, 0.1) is 0 Å². The van der Waals surface area contributed by atoms with Gasteiger partial charge in [-0.15, -0.1) is 0 Å². The zero-order valence-electron chi connectivity index (χ0n) is 8.19. The summed E-state index contributed by atoms with van der Waals surface area (Å²) in [5, 5.41) is 0. The van der Waals surface area contributed by atoms with Crippen molar-refractivity contribution >= 4 is 40.6 Å². The summed E-state index contributed by atoms with van der Waals surface area (Å²) in [6, 6.07) is 9.15. The van der Waals surface area contributed by atoms with Crippen molar-refractivity contribution in [2.45, 2.75) is 24.8 Å². The van der Waals surface area contributed by atoms with Gasteiger partial charge in [-0.25, -0.2) is 4.21 Å². The normalized spacial score (nSPS) is 12.2. The van der Waals surface area contributed by atoms with Crippen LogP contribution >= 0.6 is 0 Å². The Morgan fingerprint density at radius 2 is 1.77 bits per heavy atom. The van der Waals surface area contributed by atoms with Gasteiger partial charge in [-0.3, -0.25) is 4.18 Å². The van der Waals surface area contributed by atoms with Crippen molar-refractivity contribution in [1.29, 1.82) is 0 Å². The number of rotatable bonds is 3. The smallest absolute Gasteiger partial charge is 0.189 e. The van der Waals surface area contributed by atoms with Gasteiger partial charge in [-0.05, 0) is 26.0 Å². The third-order valence-electron chi connectivity index (χ3n) is 1.22. The van der Waals surface area contributed by atoms with Crippen molar-refractivity contribution in [3.05, 3.63) is 30.3 Å². The number of benzene rings is 1. The SMILES string of the molecule is CC(C)OS(=O)c1ccccc1.[Na]. The second kappa shape index (κ2) is 6.74. The first kappa shape index (κ1) is 13.3. The number of hydrogen-bond acceptors (Lipinski definition) is 2. The standard InChI is InChI=1S/C9H12O2S.Na/c1-8(2)11-12(10)9-6-4-3-5-7-9;/h3-8H,1-2H3;. The fourth-order valence-corrected chi connectivity index (χ4v) is 1.60. The second-order valence-electron chi connectivity index (χ2n) is 2.69. The molecule has 4 heteroatoms. The molecule has 1 unspecified atom stereocenters. The van der Waals surface area contributed by atoms with Crippen LogP contribution in [-0.2, 0) is 15.3 Å². The summed E-state index contributed by atoms with van der Waals surface area (Å²) in [5.41, 5.74) is 0. The fraction of sp³-hybridized carbons (Fsp3) is 0.333. The molecule has 13 heavy (non-hydrogen) atoms. The predicted molar refractivity (Wildman–Crippen MR) is 54.8 cm³/mol. The van der Waals surface area contributed by atoms with Crippen LogP contribution in [-0.4, -0.2) is 39.9 Å². The summed E-state index contributed by atoms with van der Waals surface area (Å²) in [5.74, 6) is 0. The Morgan fingerprint density at radius 1 is 1.23 bits per heavy atom. The molecule has 0 heterocycles. The minimum absolute atomic E-state index is 0. The molecule has 2 nitrogen and oxygen atoms in total. The molecule has 0 N–H and O–H groups in total. The maximum absolute atomic E-state index is 11.3. The summed E-state index contributed by atoms with van der Waals surface area (Å²) in [6.07, 6.45) is -0.00830. The first-order valence-electron chi connectivity index (χ1n) is 3.84. The predicted octanol–water partition coefficient (Wildman–Crippen LogP) is 1.75. The quantitative estimate of drug-likeness (QED) is 0.706. The Morgan fingerprint density at radius 3 is 2.23 bits per heavy atom. The average molecular weight is 207 g/mol. The van der Waals surface area contributed by atoms with E-state index in [1.165, 1.54) is 0 Å². The van der Waals surface area contributed by atoms with Gasteiger partial charge in [0, 0.05) is 29.6 Å². The van der Waals surface area contributed by atoms with E-state index in [2.05, 4.69) is 0 Å². The molecule has 0 aliphatic heterocycles. The van der Waals surface area contributed by atoms with Gasteiger partial charge in [0.1, 0.15) is 0 Å². The Hall–Kier alpha value is 0.330.